The Bertz CT molecular complexity index is 1030. The van der Waals surface area contributed by atoms with E-state index in [0.717, 1.165) is 59.5 Å². The first-order chi connectivity index (χ1) is 13.6. The Morgan fingerprint density at radius 2 is 2.18 bits per heavy atom. The summed E-state index contributed by atoms with van der Waals surface area (Å²) < 4.78 is 8.44. The summed E-state index contributed by atoms with van der Waals surface area (Å²) in [6.45, 7) is 4.74. The summed E-state index contributed by atoms with van der Waals surface area (Å²) in [6.07, 6.45) is 5.85. The Morgan fingerprint density at radius 1 is 1.36 bits per heavy atom. The number of carbonyl (C=O) groups excluding carboxylic acids is 1. The van der Waals surface area contributed by atoms with Crippen LogP contribution in [-0.4, -0.2) is 27.0 Å². The maximum absolute atomic E-state index is 12.9. The van der Waals surface area contributed by atoms with Crippen LogP contribution in [0.5, 0.6) is 5.75 Å². The molecule has 1 atom stereocenters. The van der Waals surface area contributed by atoms with Crippen LogP contribution in [0.25, 0.3) is 5.65 Å². The van der Waals surface area contributed by atoms with Crippen molar-refractivity contribution < 1.29 is 9.53 Å². The minimum absolute atomic E-state index is 0.149. The second-order valence-corrected chi connectivity index (χ2v) is 8.09. The van der Waals surface area contributed by atoms with Crippen LogP contribution >= 0.6 is 15.9 Å². The third-order valence-electron chi connectivity index (χ3n) is 5.52. The zero-order valence-electron chi connectivity index (χ0n) is 16.2. The van der Waals surface area contributed by atoms with E-state index < -0.39 is 0 Å². The molecule has 3 aromatic rings. The number of carbonyl (C=O) groups is 1. The number of nitrogens with zero attached hydrogens (tertiary/aromatic N) is 3. The number of fused-ring (bicyclic) bond motifs is 2. The quantitative estimate of drug-likeness (QED) is 0.488. The predicted octanol–water partition coefficient (Wildman–Crippen LogP) is 5.28. The largest absolute Gasteiger partial charge is 0.493 e. The number of benzene rings is 1. The lowest BCUT2D eigenvalue weighted by molar-refractivity contribution is 0.0976. The van der Waals surface area contributed by atoms with Crippen molar-refractivity contribution in [1.82, 2.24) is 14.6 Å². The highest BCUT2D eigenvalue weighted by molar-refractivity contribution is 9.10. The van der Waals surface area contributed by atoms with Gasteiger partial charge in [0.15, 0.2) is 11.4 Å². The molecule has 0 aliphatic carbocycles. The predicted molar refractivity (Wildman–Crippen MR) is 112 cm³/mol. The van der Waals surface area contributed by atoms with Gasteiger partial charge in [0.05, 0.1) is 28.0 Å². The van der Waals surface area contributed by atoms with Gasteiger partial charge < -0.3 is 4.74 Å². The average Bonchev–Trinajstić information content (AvgIpc) is 3.01. The normalized spacial score (nSPS) is 16.0. The number of hydrogen-bond acceptors (Lipinski definition) is 4. The fourth-order valence-electron chi connectivity index (χ4n) is 4.04. The Balaban J connectivity index is 1.48. The highest BCUT2D eigenvalue weighted by Crippen LogP contribution is 2.36. The number of rotatable bonds is 6. The van der Waals surface area contributed by atoms with Gasteiger partial charge in [-0.1, -0.05) is 25.1 Å². The second kappa shape index (κ2) is 8.03. The zero-order valence-corrected chi connectivity index (χ0v) is 17.8. The van der Waals surface area contributed by atoms with Gasteiger partial charge in [0, 0.05) is 12.6 Å². The molecule has 1 unspecified atom stereocenters. The van der Waals surface area contributed by atoms with E-state index in [0.29, 0.717) is 17.9 Å². The van der Waals surface area contributed by atoms with E-state index in [1.165, 1.54) is 5.56 Å². The Labute approximate surface area is 173 Å². The molecule has 3 heterocycles. The fourth-order valence-corrected chi connectivity index (χ4v) is 4.39. The summed E-state index contributed by atoms with van der Waals surface area (Å²) in [5, 5.41) is 4.55. The number of ether oxygens (including phenoxy) is 1. The van der Waals surface area contributed by atoms with Crippen molar-refractivity contribution in [3.8, 4) is 5.75 Å². The zero-order chi connectivity index (χ0) is 19.7. The SMILES string of the molecule is CCc1c(C(=O)CCCC2CCOc3ccccc32)cnc2c(Br)c(C)nn12. The first-order valence-electron chi connectivity index (χ1n) is 9.87. The number of halogens is 1. The standard InChI is InChI=1S/C22H24BrN3O2/c1-3-18-17(13-24-22-21(23)14(2)25-26(18)22)19(27)9-6-7-15-11-12-28-20-10-5-4-8-16(15)20/h4-5,8,10,13,15H,3,6-7,9,11-12H2,1-2H3. The van der Waals surface area contributed by atoms with Crippen molar-refractivity contribution in [3.05, 3.63) is 57.4 Å². The second-order valence-electron chi connectivity index (χ2n) is 7.29. The van der Waals surface area contributed by atoms with Crippen LogP contribution in [0.3, 0.4) is 0 Å². The van der Waals surface area contributed by atoms with Crippen LogP contribution in [0.2, 0.25) is 0 Å². The van der Waals surface area contributed by atoms with E-state index in [4.69, 9.17) is 4.74 Å². The fraction of sp³-hybridized carbons (Fsp3) is 0.409. The van der Waals surface area contributed by atoms with Crippen LogP contribution in [-0.2, 0) is 6.42 Å². The van der Waals surface area contributed by atoms with Crippen LogP contribution in [0.1, 0.15) is 65.8 Å². The first-order valence-corrected chi connectivity index (χ1v) is 10.7. The van der Waals surface area contributed by atoms with Gasteiger partial charge in [0.25, 0.3) is 0 Å². The molecule has 5 nitrogen and oxygen atoms in total. The van der Waals surface area contributed by atoms with Crippen LogP contribution in [0.4, 0.5) is 0 Å². The highest BCUT2D eigenvalue weighted by Gasteiger charge is 2.22. The third kappa shape index (κ3) is 3.46. The molecule has 4 rings (SSSR count). The van der Waals surface area contributed by atoms with Crippen molar-refractivity contribution in [2.45, 2.75) is 51.9 Å². The van der Waals surface area contributed by atoms with Crippen LogP contribution in [0, 0.1) is 6.92 Å². The smallest absolute Gasteiger partial charge is 0.169 e. The summed E-state index contributed by atoms with van der Waals surface area (Å²) in [5.41, 5.74) is 4.54. The summed E-state index contributed by atoms with van der Waals surface area (Å²) in [4.78, 5) is 17.4. The molecule has 6 heteroatoms. The summed E-state index contributed by atoms with van der Waals surface area (Å²) in [6, 6.07) is 8.25. The van der Waals surface area contributed by atoms with Crippen molar-refractivity contribution >= 4 is 27.4 Å². The molecule has 0 fully saturated rings. The van der Waals surface area contributed by atoms with Gasteiger partial charge in [-0.2, -0.15) is 5.10 Å². The van der Waals surface area contributed by atoms with Gasteiger partial charge >= 0.3 is 0 Å². The van der Waals surface area contributed by atoms with Crippen molar-refractivity contribution in [3.63, 3.8) is 0 Å². The molecular weight excluding hydrogens is 418 g/mol. The molecule has 0 bridgehead atoms. The Kier molecular flexibility index (Phi) is 5.49. The molecule has 2 aromatic heterocycles. The number of hydrogen-bond donors (Lipinski definition) is 0. The van der Waals surface area contributed by atoms with Crippen molar-refractivity contribution in [1.29, 1.82) is 0 Å². The lowest BCUT2D eigenvalue weighted by Crippen LogP contribution is -2.15. The van der Waals surface area contributed by atoms with Gasteiger partial charge in [0.1, 0.15) is 5.75 Å². The summed E-state index contributed by atoms with van der Waals surface area (Å²) in [7, 11) is 0. The number of aryl methyl sites for hydroxylation is 2. The maximum Gasteiger partial charge on any atom is 0.169 e. The molecule has 1 aromatic carbocycles. The van der Waals surface area contributed by atoms with E-state index in [-0.39, 0.29) is 5.78 Å². The van der Waals surface area contributed by atoms with Crippen molar-refractivity contribution in [2.75, 3.05) is 6.61 Å². The van der Waals surface area contributed by atoms with Gasteiger partial charge in [-0.25, -0.2) is 9.50 Å². The lowest BCUT2D eigenvalue weighted by Gasteiger charge is -2.25. The minimum atomic E-state index is 0.149. The molecule has 1 aliphatic rings. The number of aromatic nitrogens is 3. The maximum atomic E-state index is 12.9. The summed E-state index contributed by atoms with van der Waals surface area (Å²) in [5.74, 6) is 1.61. The highest BCUT2D eigenvalue weighted by atomic mass is 79.9. The third-order valence-corrected chi connectivity index (χ3v) is 6.45. The molecule has 0 saturated carbocycles. The lowest BCUT2D eigenvalue weighted by atomic mass is 9.88. The molecule has 0 radical (unpaired) electrons. The van der Waals surface area contributed by atoms with Crippen molar-refractivity contribution in [2.24, 2.45) is 0 Å². The Morgan fingerprint density at radius 3 is 3.00 bits per heavy atom. The molecular formula is C22H24BrN3O2. The number of Topliss-reactive ketones (excluding diaryl/α,β-unsaturated/α-hetero) is 1. The van der Waals surface area contributed by atoms with E-state index in [2.05, 4.69) is 45.1 Å². The van der Waals surface area contributed by atoms with Crippen LogP contribution < -0.4 is 4.74 Å². The van der Waals surface area contributed by atoms with Gasteiger partial charge in [0.2, 0.25) is 0 Å². The topological polar surface area (TPSA) is 56.5 Å². The van der Waals surface area contributed by atoms with Crippen LogP contribution in [0.15, 0.2) is 34.9 Å². The van der Waals surface area contributed by atoms with E-state index in [1.54, 1.807) is 10.7 Å². The molecule has 0 spiro atoms. The first kappa shape index (κ1) is 19.1. The minimum Gasteiger partial charge on any atom is -0.493 e. The van der Waals surface area contributed by atoms with E-state index >= 15 is 0 Å². The monoisotopic (exact) mass is 441 g/mol. The molecule has 0 N–H and O–H groups in total. The molecule has 28 heavy (non-hydrogen) atoms. The number of para-hydroxylation sites is 1. The molecule has 146 valence electrons. The van der Waals surface area contributed by atoms with E-state index in [9.17, 15) is 4.79 Å². The molecule has 1 aliphatic heterocycles. The van der Waals surface area contributed by atoms with E-state index in [1.807, 2.05) is 19.1 Å². The summed E-state index contributed by atoms with van der Waals surface area (Å²) >= 11 is 3.53. The van der Waals surface area contributed by atoms with Gasteiger partial charge in [-0.15, -0.1) is 0 Å². The number of ketones is 1. The molecule has 0 amide bonds. The Hall–Kier alpha value is -2.21. The molecule has 0 saturated heterocycles. The van der Waals surface area contributed by atoms with Gasteiger partial charge in [-0.05, 0) is 66.1 Å². The average molecular weight is 442 g/mol. The van der Waals surface area contributed by atoms with Gasteiger partial charge in [-0.3, -0.25) is 4.79 Å².